The van der Waals surface area contributed by atoms with E-state index in [0.717, 1.165) is 5.56 Å². The van der Waals surface area contributed by atoms with Crippen LogP contribution in [0.25, 0.3) is 11.1 Å². The molecule has 0 spiro atoms. The van der Waals surface area contributed by atoms with E-state index in [4.69, 9.17) is 11.6 Å². The van der Waals surface area contributed by atoms with Crippen LogP contribution in [0.4, 0.5) is 5.82 Å². The maximum absolute atomic E-state index is 10.8. The highest BCUT2D eigenvalue weighted by molar-refractivity contribution is 6.30. The molecule has 5 heteroatoms. The SMILES string of the molecule is O=[N+]([O-])c1ncccc1-c1ccc(Cl)cc1. The molecule has 0 fully saturated rings. The Morgan fingerprint density at radius 2 is 1.88 bits per heavy atom. The van der Waals surface area contributed by atoms with E-state index in [1.807, 2.05) is 0 Å². The highest BCUT2D eigenvalue weighted by Gasteiger charge is 2.15. The lowest BCUT2D eigenvalue weighted by Gasteiger charge is -2.02. The summed E-state index contributed by atoms with van der Waals surface area (Å²) in [7, 11) is 0. The van der Waals surface area contributed by atoms with Gasteiger partial charge in [0, 0.05) is 5.02 Å². The molecule has 0 amide bonds. The zero-order valence-electron chi connectivity index (χ0n) is 8.13. The van der Waals surface area contributed by atoms with Crippen molar-refractivity contribution in [3.8, 4) is 11.1 Å². The van der Waals surface area contributed by atoms with Crippen molar-refractivity contribution in [2.45, 2.75) is 0 Å². The van der Waals surface area contributed by atoms with Gasteiger partial charge < -0.3 is 10.1 Å². The van der Waals surface area contributed by atoms with E-state index < -0.39 is 4.92 Å². The third kappa shape index (κ3) is 2.01. The second kappa shape index (κ2) is 4.28. The van der Waals surface area contributed by atoms with E-state index in [1.54, 1.807) is 36.4 Å². The molecule has 0 aliphatic carbocycles. The molecule has 0 atom stereocenters. The maximum atomic E-state index is 10.8. The number of nitro groups is 1. The molecule has 1 heterocycles. The lowest BCUT2D eigenvalue weighted by molar-refractivity contribution is -0.388. The summed E-state index contributed by atoms with van der Waals surface area (Å²) >= 11 is 5.75. The van der Waals surface area contributed by atoms with E-state index in [0.29, 0.717) is 10.6 Å². The number of hydrogen-bond donors (Lipinski definition) is 0. The predicted molar refractivity (Wildman–Crippen MR) is 61.3 cm³/mol. The highest BCUT2D eigenvalue weighted by Crippen LogP contribution is 2.28. The molecule has 0 aliphatic heterocycles. The number of aromatic nitrogens is 1. The molecule has 0 bridgehead atoms. The van der Waals surface area contributed by atoms with Crippen molar-refractivity contribution in [2.75, 3.05) is 0 Å². The average Bonchev–Trinajstić information content (AvgIpc) is 2.30. The Morgan fingerprint density at radius 1 is 1.19 bits per heavy atom. The fourth-order valence-electron chi connectivity index (χ4n) is 1.40. The molecule has 0 radical (unpaired) electrons. The quantitative estimate of drug-likeness (QED) is 0.592. The van der Waals surface area contributed by atoms with Gasteiger partial charge in [-0.05, 0) is 39.7 Å². The van der Waals surface area contributed by atoms with Gasteiger partial charge in [0.25, 0.3) is 0 Å². The van der Waals surface area contributed by atoms with Crippen molar-refractivity contribution in [1.82, 2.24) is 4.98 Å². The number of nitrogens with zero attached hydrogens (tertiary/aromatic N) is 2. The van der Waals surface area contributed by atoms with E-state index in [2.05, 4.69) is 4.98 Å². The summed E-state index contributed by atoms with van der Waals surface area (Å²) in [5, 5.41) is 11.4. The minimum Gasteiger partial charge on any atom is -0.358 e. The molecule has 2 aromatic rings. The molecule has 2 rings (SSSR count). The summed E-state index contributed by atoms with van der Waals surface area (Å²) in [6.07, 6.45) is 1.40. The minimum atomic E-state index is -0.496. The van der Waals surface area contributed by atoms with Crippen LogP contribution >= 0.6 is 11.6 Å². The van der Waals surface area contributed by atoms with Gasteiger partial charge in [-0.1, -0.05) is 23.7 Å². The fraction of sp³-hybridized carbons (Fsp3) is 0. The van der Waals surface area contributed by atoms with Crippen molar-refractivity contribution in [1.29, 1.82) is 0 Å². The standard InChI is InChI=1S/C11H7ClN2O2/c12-9-5-3-8(4-6-9)10-2-1-7-13-11(10)14(15)16/h1-7H. The van der Waals surface area contributed by atoms with E-state index in [9.17, 15) is 10.1 Å². The zero-order valence-corrected chi connectivity index (χ0v) is 8.89. The molecule has 0 saturated heterocycles. The Bertz CT molecular complexity index is 526. The third-order valence-electron chi connectivity index (χ3n) is 2.11. The normalized spacial score (nSPS) is 10.1. The highest BCUT2D eigenvalue weighted by atomic mass is 35.5. The van der Waals surface area contributed by atoms with Crippen LogP contribution in [0.5, 0.6) is 0 Å². The van der Waals surface area contributed by atoms with Crippen LogP contribution in [-0.4, -0.2) is 9.91 Å². The van der Waals surface area contributed by atoms with E-state index in [1.165, 1.54) is 6.20 Å². The van der Waals surface area contributed by atoms with Gasteiger partial charge in [-0.15, -0.1) is 0 Å². The predicted octanol–water partition coefficient (Wildman–Crippen LogP) is 3.31. The van der Waals surface area contributed by atoms with Gasteiger partial charge >= 0.3 is 5.82 Å². The van der Waals surface area contributed by atoms with Gasteiger partial charge in [-0.25, -0.2) is 0 Å². The smallest absolute Gasteiger partial charge is 0.358 e. The van der Waals surface area contributed by atoms with E-state index >= 15 is 0 Å². The van der Waals surface area contributed by atoms with Crippen LogP contribution in [0.2, 0.25) is 5.02 Å². The van der Waals surface area contributed by atoms with E-state index in [-0.39, 0.29) is 5.82 Å². The first-order chi connectivity index (χ1) is 7.68. The van der Waals surface area contributed by atoms with Crippen LogP contribution < -0.4 is 0 Å². The molecule has 0 N–H and O–H groups in total. The lowest BCUT2D eigenvalue weighted by Crippen LogP contribution is -1.94. The van der Waals surface area contributed by atoms with Gasteiger partial charge in [-0.2, -0.15) is 0 Å². The summed E-state index contributed by atoms with van der Waals surface area (Å²) in [4.78, 5) is 14.0. The number of benzene rings is 1. The molecular formula is C11H7ClN2O2. The topological polar surface area (TPSA) is 56.0 Å². The maximum Gasteiger partial charge on any atom is 0.371 e. The fourth-order valence-corrected chi connectivity index (χ4v) is 1.52. The second-order valence-corrected chi connectivity index (χ2v) is 3.58. The molecule has 0 saturated carbocycles. The van der Waals surface area contributed by atoms with Crippen LogP contribution in [0.1, 0.15) is 0 Å². The van der Waals surface area contributed by atoms with Gasteiger partial charge in [0.05, 0.1) is 5.56 Å². The van der Waals surface area contributed by atoms with Crippen LogP contribution in [-0.2, 0) is 0 Å². The molecule has 80 valence electrons. The largest absolute Gasteiger partial charge is 0.371 e. The Balaban J connectivity index is 2.55. The average molecular weight is 235 g/mol. The van der Waals surface area contributed by atoms with Crippen molar-refractivity contribution in [2.24, 2.45) is 0 Å². The van der Waals surface area contributed by atoms with Gasteiger partial charge in [-0.3, -0.25) is 0 Å². The van der Waals surface area contributed by atoms with Crippen molar-refractivity contribution in [3.63, 3.8) is 0 Å². The number of hydrogen-bond acceptors (Lipinski definition) is 3. The summed E-state index contributed by atoms with van der Waals surface area (Å²) in [6, 6.07) is 10.2. The van der Waals surface area contributed by atoms with Crippen molar-refractivity contribution >= 4 is 17.4 Å². The Labute approximate surface area is 96.7 Å². The summed E-state index contributed by atoms with van der Waals surface area (Å²) < 4.78 is 0. The first kappa shape index (κ1) is 10.6. The Kier molecular flexibility index (Phi) is 2.83. The molecule has 4 nitrogen and oxygen atoms in total. The van der Waals surface area contributed by atoms with Gasteiger partial charge in [0.2, 0.25) is 0 Å². The molecule has 1 aromatic heterocycles. The molecule has 0 unspecified atom stereocenters. The molecule has 16 heavy (non-hydrogen) atoms. The van der Waals surface area contributed by atoms with Gasteiger partial charge in [0.1, 0.15) is 6.20 Å². The van der Waals surface area contributed by atoms with Gasteiger partial charge in [0.15, 0.2) is 0 Å². The Hall–Kier alpha value is -1.94. The zero-order chi connectivity index (χ0) is 11.5. The number of rotatable bonds is 2. The molecular weight excluding hydrogens is 228 g/mol. The monoisotopic (exact) mass is 234 g/mol. The van der Waals surface area contributed by atoms with Crippen molar-refractivity contribution < 1.29 is 4.92 Å². The number of pyridine rings is 1. The lowest BCUT2D eigenvalue weighted by atomic mass is 10.1. The third-order valence-corrected chi connectivity index (χ3v) is 2.37. The first-order valence-electron chi connectivity index (χ1n) is 4.54. The Morgan fingerprint density at radius 3 is 2.50 bits per heavy atom. The van der Waals surface area contributed by atoms with Crippen LogP contribution in [0.15, 0.2) is 42.6 Å². The second-order valence-electron chi connectivity index (χ2n) is 3.14. The van der Waals surface area contributed by atoms with Crippen LogP contribution in [0, 0.1) is 10.1 Å². The molecule has 1 aromatic carbocycles. The summed E-state index contributed by atoms with van der Waals surface area (Å²) in [5.74, 6) is -0.148. The minimum absolute atomic E-state index is 0.148. The summed E-state index contributed by atoms with van der Waals surface area (Å²) in [5.41, 5.74) is 1.22. The van der Waals surface area contributed by atoms with Crippen molar-refractivity contribution in [3.05, 3.63) is 57.7 Å². The van der Waals surface area contributed by atoms with Crippen LogP contribution in [0.3, 0.4) is 0 Å². The summed E-state index contributed by atoms with van der Waals surface area (Å²) in [6.45, 7) is 0. The number of halogens is 1. The first-order valence-corrected chi connectivity index (χ1v) is 4.91. The molecule has 0 aliphatic rings.